The number of nitrogens with one attached hydrogen (secondary N) is 1. The van der Waals surface area contributed by atoms with Crippen LogP contribution in [0.15, 0.2) is 35.5 Å². The zero-order valence-corrected chi connectivity index (χ0v) is 13.8. The summed E-state index contributed by atoms with van der Waals surface area (Å²) in [5.41, 5.74) is -2.73. The van der Waals surface area contributed by atoms with Crippen molar-refractivity contribution in [3.63, 3.8) is 0 Å². The Morgan fingerprint density at radius 2 is 1.46 bits per heavy atom. The van der Waals surface area contributed by atoms with Gasteiger partial charge in [0, 0.05) is 5.69 Å². The largest absolute Gasteiger partial charge is 0.416 e. The quantitative estimate of drug-likeness (QED) is 0.801. The van der Waals surface area contributed by atoms with Crippen LogP contribution in [0.2, 0.25) is 0 Å². The zero-order chi connectivity index (χ0) is 19.8. The highest BCUT2D eigenvalue weighted by Gasteiger charge is 2.38. The molecule has 26 heavy (non-hydrogen) atoms. The van der Waals surface area contributed by atoms with Crippen LogP contribution in [0.3, 0.4) is 0 Å². The van der Waals surface area contributed by atoms with Crippen LogP contribution in [0.1, 0.15) is 22.5 Å². The van der Waals surface area contributed by atoms with E-state index in [-0.39, 0.29) is 23.9 Å². The van der Waals surface area contributed by atoms with Crippen molar-refractivity contribution in [1.82, 2.24) is 14.7 Å². The molecule has 0 spiro atoms. The smallest absolute Gasteiger partial charge is 0.242 e. The van der Waals surface area contributed by atoms with Crippen LogP contribution in [0.5, 0.6) is 0 Å². The van der Waals surface area contributed by atoms with E-state index in [0.29, 0.717) is 5.69 Å². The number of benzene rings is 1. The van der Waals surface area contributed by atoms with Crippen LogP contribution < -0.4 is 4.72 Å². The van der Waals surface area contributed by atoms with E-state index in [1.165, 1.54) is 6.07 Å². The van der Waals surface area contributed by atoms with Crippen molar-refractivity contribution in [1.29, 1.82) is 0 Å². The van der Waals surface area contributed by atoms with Crippen LogP contribution in [-0.2, 0) is 28.9 Å². The Labute approximate surface area is 144 Å². The first kappa shape index (κ1) is 20.1. The van der Waals surface area contributed by atoms with E-state index in [4.69, 9.17) is 0 Å². The number of aryl methyl sites for hydroxylation is 1. The summed E-state index contributed by atoms with van der Waals surface area (Å²) in [7, 11) is -4.65. The van der Waals surface area contributed by atoms with E-state index in [0.717, 1.165) is 6.33 Å². The lowest BCUT2D eigenvalue weighted by molar-refractivity contribution is -0.143. The van der Waals surface area contributed by atoms with Crippen LogP contribution in [0.4, 0.5) is 26.3 Å². The van der Waals surface area contributed by atoms with Gasteiger partial charge in [-0.05, 0) is 31.2 Å². The van der Waals surface area contributed by atoms with Gasteiger partial charge >= 0.3 is 12.4 Å². The molecule has 0 aliphatic rings. The van der Waals surface area contributed by atoms with E-state index in [1.54, 1.807) is 6.92 Å². The number of aromatic nitrogens is 2. The Morgan fingerprint density at radius 1 is 0.923 bits per heavy atom. The molecule has 1 heterocycles. The zero-order valence-electron chi connectivity index (χ0n) is 13.0. The Balaban J connectivity index is 2.41. The average molecular weight is 399 g/mol. The maximum Gasteiger partial charge on any atom is 0.416 e. The van der Waals surface area contributed by atoms with Gasteiger partial charge in [0.2, 0.25) is 10.0 Å². The number of sulfonamides is 1. The number of nitrogens with zero attached hydrogens (tertiary/aromatic N) is 2. The van der Waals surface area contributed by atoms with Crippen molar-refractivity contribution in [3.05, 3.63) is 53.1 Å². The summed E-state index contributed by atoms with van der Waals surface area (Å²) < 4.78 is 103. The standard InChI is InChI=1S/C14H11F6N3O2S/c1-8-2-11(22-7-21-8)6-23-26(24,25)12-4-9(13(15,16)17)3-10(5-12)14(18,19)20/h2-5,7,23H,6H2,1H3. The molecule has 1 N–H and O–H groups in total. The third-order valence-electron chi connectivity index (χ3n) is 3.18. The first-order valence-electron chi connectivity index (χ1n) is 6.86. The number of rotatable bonds is 4. The molecule has 12 heteroatoms. The molecule has 0 aliphatic carbocycles. The summed E-state index contributed by atoms with van der Waals surface area (Å²) in [6.45, 7) is 1.17. The van der Waals surface area contributed by atoms with Gasteiger partial charge in [0.15, 0.2) is 0 Å². The van der Waals surface area contributed by atoms with E-state index in [9.17, 15) is 34.8 Å². The van der Waals surface area contributed by atoms with E-state index < -0.39 is 44.9 Å². The molecule has 1 aromatic heterocycles. The fourth-order valence-corrected chi connectivity index (χ4v) is 3.01. The van der Waals surface area contributed by atoms with Gasteiger partial charge in [-0.15, -0.1) is 0 Å². The van der Waals surface area contributed by atoms with Gasteiger partial charge in [-0.2, -0.15) is 26.3 Å². The molecule has 2 rings (SSSR count). The second kappa shape index (κ2) is 6.83. The van der Waals surface area contributed by atoms with Crippen LogP contribution in [-0.4, -0.2) is 18.4 Å². The Morgan fingerprint density at radius 3 is 1.92 bits per heavy atom. The van der Waals surface area contributed by atoms with Crippen molar-refractivity contribution >= 4 is 10.0 Å². The number of hydrogen-bond acceptors (Lipinski definition) is 4. The van der Waals surface area contributed by atoms with Crippen molar-refractivity contribution < 1.29 is 34.8 Å². The van der Waals surface area contributed by atoms with Gasteiger partial charge in [-0.3, -0.25) is 0 Å². The van der Waals surface area contributed by atoms with Gasteiger partial charge in [0.05, 0.1) is 28.3 Å². The van der Waals surface area contributed by atoms with Crippen molar-refractivity contribution in [2.75, 3.05) is 0 Å². The highest BCUT2D eigenvalue weighted by molar-refractivity contribution is 7.89. The van der Waals surface area contributed by atoms with E-state index in [2.05, 4.69) is 9.97 Å². The number of hydrogen-bond donors (Lipinski definition) is 1. The topological polar surface area (TPSA) is 72.0 Å². The molecule has 142 valence electrons. The van der Waals surface area contributed by atoms with Gasteiger partial charge in [0.1, 0.15) is 6.33 Å². The second-order valence-corrected chi connectivity index (χ2v) is 6.98. The lowest BCUT2D eigenvalue weighted by Gasteiger charge is -2.14. The molecule has 0 radical (unpaired) electrons. The Bertz CT molecular complexity index is 877. The predicted molar refractivity (Wildman–Crippen MR) is 77.2 cm³/mol. The average Bonchev–Trinajstić information content (AvgIpc) is 2.51. The molecule has 0 unspecified atom stereocenters. The molecule has 5 nitrogen and oxygen atoms in total. The summed E-state index contributed by atoms with van der Waals surface area (Å²) in [4.78, 5) is 6.39. The molecule has 1 aromatic carbocycles. The molecular formula is C14H11F6N3O2S. The van der Waals surface area contributed by atoms with Gasteiger partial charge < -0.3 is 0 Å². The summed E-state index contributed by atoms with van der Waals surface area (Å²) in [6, 6.07) is 1.55. The first-order valence-corrected chi connectivity index (χ1v) is 8.34. The molecule has 0 saturated carbocycles. The van der Waals surface area contributed by atoms with Crippen molar-refractivity contribution in [2.24, 2.45) is 0 Å². The fraction of sp³-hybridized carbons (Fsp3) is 0.286. The number of halogens is 6. The Kier molecular flexibility index (Phi) is 5.29. The molecule has 0 amide bonds. The minimum Gasteiger partial charge on any atom is -0.242 e. The van der Waals surface area contributed by atoms with Gasteiger partial charge in [0.25, 0.3) is 0 Å². The first-order chi connectivity index (χ1) is 11.8. The minimum atomic E-state index is -5.14. The van der Waals surface area contributed by atoms with Crippen molar-refractivity contribution in [2.45, 2.75) is 30.7 Å². The lowest BCUT2D eigenvalue weighted by atomic mass is 10.1. The van der Waals surface area contributed by atoms with E-state index >= 15 is 0 Å². The third kappa shape index (κ3) is 4.91. The molecule has 0 bridgehead atoms. The SMILES string of the molecule is Cc1cc(CNS(=O)(=O)c2cc(C(F)(F)F)cc(C(F)(F)F)c2)ncn1. The molecule has 0 aliphatic heterocycles. The predicted octanol–water partition coefficient (Wildman–Crippen LogP) is 3.30. The van der Waals surface area contributed by atoms with Crippen LogP contribution in [0, 0.1) is 6.92 Å². The summed E-state index contributed by atoms with van der Waals surface area (Å²) in [5, 5.41) is 0. The molecule has 0 atom stereocenters. The number of alkyl halides is 6. The summed E-state index contributed by atoms with van der Waals surface area (Å²) >= 11 is 0. The second-order valence-electron chi connectivity index (χ2n) is 5.22. The Hall–Kier alpha value is -2.21. The fourth-order valence-electron chi connectivity index (χ4n) is 1.94. The van der Waals surface area contributed by atoms with Crippen LogP contribution >= 0.6 is 0 Å². The molecular weight excluding hydrogens is 388 g/mol. The monoisotopic (exact) mass is 399 g/mol. The molecule has 2 aromatic rings. The highest BCUT2D eigenvalue weighted by Crippen LogP contribution is 2.37. The van der Waals surface area contributed by atoms with Crippen molar-refractivity contribution in [3.8, 4) is 0 Å². The van der Waals surface area contributed by atoms with Crippen LogP contribution in [0.25, 0.3) is 0 Å². The lowest BCUT2D eigenvalue weighted by Crippen LogP contribution is -2.25. The molecule has 0 saturated heterocycles. The maximum atomic E-state index is 12.8. The van der Waals surface area contributed by atoms with E-state index in [1.807, 2.05) is 4.72 Å². The normalized spacial score (nSPS) is 13.0. The third-order valence-corrected chi connectivity index (χ3v) is 4.56. The minimum absolute atomic E-state index is 0.142. The summed E-state index contributed by atoms with van der Waals surface area (Å²) in [6.07, 6.45) is -9.14. The molecule has 0 fully saturated rings. The van der Waals surface area contributed by atoms with Gasteiger partial charge in [-0.25, -0.2) is 23.1 Å². The summed E-state index contributed by atoms with van der Waals surface area (Å²) in [5.74, 6) is 0. The highest BCUT2D eigenvalue weighted by atomic mass is 32.2. The van der Waals surface area contributed by atoms with Gasteiger partial charge in [-0.1, -0.05) is 0 Å². The maximum absolute atomic E-state index is 12.8.